The maximum atomic E-state index is 12.4. The van der Waals surface area contributed by atoms with Crippen LogP contribution in [0.4, 0.5) is 5.69 Å². The van der Waals surface area contributed by atoms with Gasteiger partial charge < -0.3 is 14.8 Å². The van der Waals surface area contributed by atoms with Crippen molar-refractivity contribution in [3.63, 3.8) is 0 Å². The van der Waals surface area contributed by atoms with E-state index in [-0.39, 0.29) is 11.7 Å². The van der Waals surface area contributed by atoms with Crippen LogP contribution in [0, 0.1) is 11.3 Å². The van der Waals surface area contributed by atoms with Crippen molar-refractivity contribution in [1.29, 1.82) is 5.26 Å². The van der Waals surface area contributed by atoms with E-state index < -0.39 is 0 Å². The molecule has 1 N–H and O–H groups in total. The fourth-order valence-electron chi connectivity index (χ4n) is 2.55. The third kappa shape index (κ3) is 4.47. The summed E-state index contributed by atoms with van der Waals surface area (Å²) in [6, 6.07) is 14.3. The number of nitrogens with zero attached hydrogens (tertiary/aromatic N) is 2. The Kier molecular flexibility index (Phi) is 6.24. The molecule has 0 unspecified atom stereocenters. The van der Waals surface area contributed by atoms with Gasteiger partial charge in [-0.3, -0.25) is 4.79 Å². The number of benzene rings is 2. The lowest BCUT2D eigenvalue weighted by atomic mass is 10.1. The average molecular weight is 414 g/mol. The summed E-state index contributed by atoms with van der Waals surface area (Å²) < 4.78 is 10.4. The number of rotatable bonds is 6. The summed E-state index contributed by atoms with van der Waals surface area (Å²) in [7, 11) is 3.10. The van der Waals surface area contributed by atoms with Gasteiger partial charge in [0.25, 0.3) is 0 Å². The fraction of sp³-hybridized carbons (Fsp3) is 0.150. The number of pyridine rings is 1. The second-order valence-corrected chi connectivity index (χ2v) is 7.09. The summed E-state index contributed by atoms with van der Waals surface area (Å²) >= 11 is 7.17. The molecule has 0 spiro atoms. The third-order valence-corrected chi connectivity index (χ3v) is 5.11. The highest BCUT2D eigenvalue weighted by atomic mass is 35.5. The highest BCUT2D eigenvalue weighted by Gasteiger charge is 2.13. The van der Waals surface area contributed by atoms with Gasteiger partial charge in [0, 0.05) is 10.4 Å². The van der Waals surface area contributed by atoms with Crippen LogP contribution in [0.15, 0.2) is 47.5 Å². The van der Waals surface area contributed by atoms with Crippen molar-refractivity contribution >= 4 is 45.9 Å². The van der Waals surface area contributed by atoms with Gasteiger partial charge in [0.05, 0.1) is 36.7 Å². The fourth-order valence-corrected chi connectivity index (χ4v) is 3.49. The molecule has 0 aliphatic rings. The zero-order chi connectivity index (χ0) is 20.1. The predicted octanol–water partition coefficient (Wildman–Crippen LogP) is 4.51. The van der Waals surface area contributed by atoms with Crippen molar-refractivity contribution in [3.8, 4) is 17.6 Å². The molecule has 3 aromatic rings. The lowest BCUT2D eigenvalue weighted by Gasteiger charge is -2.11. The summed E-state index contributed by atoms with van der Waals surface area (Å²) in [5.41, 5.74) is 1.61. The minimum Gasteiger partial charge on any atom is -0.497 e. The summed E-state index contributed by atoms with van der Waals surface area (Å²) in [4.78, 5) is 16.9. The molecule has 0 radical (unpaired) electrons. The van der Waals surface area contributed by atoms with Gasteiger partial charge in [-0.1, -0.05) is 23.4 Å². The molecule has 0 saturated carbocycles. The Bertz CT molecular complexity index is 1080. The number of halogens is 1. The minimum absolute atomic E-state index is 0.0824. The molecular formula is C20H16ClN3O3S. The van der Waals surface area contributed by atoms with Gasteiger partial charge in [0.2, 0.25) is 5.91 Å². The van der Waals surface area contributed by atoms with Crippen molar-refractivity contribution < 1.29 is 14.3 Å². The number of anilines is 1. The Morgan fingerprint density at radius 3 is 2.75 bits per heavy atom. The number of ether oxygens (including phenoxy) is 2. The lowest BCUT2D eigenvalue weighted by Crippen LogP contribution is -2.15. The number of carbonyl (C=O) groups excluding carboxylic acids is 1. The van der Waals surface area contributed by atoms with E-state index in [2.05, 4.69) is 16.4 Å². The van der Waals surface area contributed by atoms with Crippen LogP contribution in [0.1, 0.15) is 5.56 Å². The van der Waals surface area contributed by atoms with Gasteiger partial charge in [-0.25, -0.2) is 4.98 Å². The van der Waals surface area contributed by atoms with Crippen LogP contribution in [0.3, 0.4) is 0 Å². The first kappa shape index (κ1) is 19.8. The summed E-state index contributed by atoms with van der Waals surface area (Å²) in [6.07, 6.45) is 0. The normalized spacial score (nSPS) is 10.4. The number of nitriles is 1. The SMILES string of the molecule is COc1ccc2nc(SCC(=O)Nc3cc(Cl)ccc3OC)c(C#N)cc2c1. The van der Waals surface area contributed by atoms with Crippen LogP contribution in [0.25, 0.3) is 10.9 Å². The van der Waals surface area contributed by atoms with Crippen molar-refractivity contribution in [1.82, 2.24) is 4.98 Å². The summed E-state index contributed by atoms with van der Waals surface area (Å²) in [5, 5.41) is 14.0. The highest BCUT2D eigenvalue weighted by Crippen LogP contribution is 2.29. The molecule has 0 atom stereocenters. The second kappa shape index (κ2) is 8.83. The number of fused-ring (bicyclic) bond motifs is 1. The number of thioether (sulfide) groups is 1. The van der Waals surface area contributed by atoms with Gasteiger partial charge in [-0.05, 0) is 42.5 Å². The van der Waals surface area contributed by atoms with Gasteiger partial charge in [-0.15, -0.1) is 0 Å². The van der Waals surface area contributed by atoms with Gasteiger partial charge >= 0.3 is 0 Å². The molecule has 142 valence electrons. The monoisotopic (exact) mass is 413 g/mol. The first-order valence-corrected chi connectivity index (χ1v) is 9.55. The van der Waals surface area contributed by atoms with Crippen LogP contribution < -0.4 is 14.8 Å². The quantitative estimate of drug-likeness (QED) is 0.598. The number of amides is 1. The number of hydrogen-bond acceptors (Lipinski definition) is 6. The molecule has 0 bridgehead atoms. The first-order chi connectivity index (χ1) is 13.5. The largest absolute Gasteiger partial charge is 0.497 e. The number of aromatic nitrogens is 1. The predicted molar refractivity (Wildman–Crippen MR) is 110 cm³/mol. The molecule has 0 fully saturated rings. The van der Waals surface area contributed by atoms with E-state index in [1.54, 1.807) is 37.4 Å². The molecule has 0 saturated heterocycles. The van der Waals surface area contributed by atoms with Crippen LogP contribution in [-0.2, 0) is 4.79 Å². The molecule has 3 rings (SSSR count). The smallest absolute Gasteiger partial charge is 0.234 e. The average Bonchev–Trinajstić information content (AvgIpc) is 2.71. The zero-order valence-electron chi connectivity index (χ0n) is 15.2. The van der Waals surface area contributed by atoms with E-state index in [0.29, 0.717) is 32.8 Å². The van der Waals surface area contributed by atoms with Crippen LogP contribution in [-0.4, -0.2) is 30.9 Å². The summed E-state index contributed by atoms with van der Waals surface area (Å²) in [6.45, 7) is 0. The van der Waals surface area contributed by atoms with Gasteiger partial charge in [0.1, 0.15) is 22.6 Å². The molecule has 0 aliphatic heterocycles. The van der Waals surface area contributed by atoms with E-state index in [0.717, 1.165) is 10.9 Å². The van der Waals surface area contributed by atoms with E-state index in [1.807, 2.05) is 12.1 Å². The summed E-state index contributed by atoms with van der Waals surface area (Å²) in [5.74, 6) is 1.02. The van der Waals surface area contributed by atoms with E-state index in [1.165, 1.54) is 18.9 Å². The Hall–Kier alpha value is -2.95. The Morgan fingerprint density at radius 1 is 1.21 bits per heavy atom. The topological polar surface area (TPSA) is 84.2 Å². The molecule has 6 nitrogen and oxygen atoms in total. The third-order valence-electron chi connectivity index (χ3n) is 3.88. The number of carbonyl (C=O) groups is 1. The van der Waals surface area contributed by atoms with Crippen LogP contribution >= 0.6 is 23.4 Å². The zero-order valence-corrected chi connectivity index (χ0v) is 16.7. The standard InChI is InChI=1S/C20H16ClN3O3S/c1-26-15-4-5-16-12(8-15)7-13(10-22)20(24-16)28-11-19(25)23-17-9-14(21)3-6-18(17)27-2/h3-9H,11H2,1-2H3,(H,23,25). The molecule has 1 aromatic heterocycles. The lowest BCUT2D eigenvalue weighted by molar-refractivity contribution is -0.113. The van der Waals surface area contributed by atoms with Crippen molar-refractivity contribution in [2.45, 2.75) is 5.03 Å². The first-order valence-electron chi connectivity index (χ1n) is 8.19. The maximum Gasteiger partial charge on any atom is 0.234 e. The van der Waals surface area contributed by atoms with Gasteiger partial charge in [0.15, 0.2) is 0 Å². The molecular weight excluding hydrogens is 398 g/mol. The minimum atomic E-state index is -0.258. The van der Waals surface area contributed by atoms with Gasteiger partial charge in [-0.2, -0.15) is 5.26 Å². The number of nitrogens with one attached hydrogen (secondary N) is 1. The van der Waals surface area contributed by atoms with Crippen molar-refractivity contribution in [3.05, 3.63) is 53.1 Å². The van der Waals surface area contributed by atoms with E-state index in [9.17, 15) is 10.1 Å². The van der Waals surface area contributed by atoms with E-state index in [4.69, 9.17) is 21.1 Å². The molecule has 0 aliphatic carbocycles. The second-order valence-electron chi connectivity index (χ2n) is 5.69. The molecule has 8 heteroatoms. The molecule has 28 heavy (non-hydrogen) atoms. The number of methoxy groups -OCH3 is 2. The number of hydrogen-bond donors (Lipinski definition) is 1. The van der Waals surface area contributed by atoms with E-state index >= 15 is 0 Å². The molecule has 1 amide bonds. The Morgan fingerprint density at radius 2 is 2.04 bits per heavy atom. The van der Waals surface area contributed by atoms with Crippen molar-refractivity contribution in [2.75, 3.05) is 25.3 Å². The highest BCUT2D eigenvalue weighted by molar-refractivity contribution is 8.00. The Labute approximate surface area is 171 Å². The maximum absolute atomic E-state index is 12.4. The van der Waals surface area contributed by atoms with Crippen molar-refractivity contribution in [2.24, 2.45) is 0 Å². The Balaban J connectivity index is 1.77. The molecule has 1 heterocycles. The van der Waals surface area contributed by atoms with Crippen LogP contribution in [0.2, 0.25) is 5.02 Å². The van der Waals surface area contributed by atoms with Crippen LogP contribution in [0.5, 0.6) is 11.5 Å². The molecule has 2 aromatic carbocycles.